The number of allylic oxidation sites excluding steroid dienone is 6. The molecule has 0 saturated heterocycles. The molecule has 4 aliphatic rings. The molecule has 4 aromatic heterocycles. The number of carbonyl (C=O) groups is 2. The summed E-state index contributed by atoms with van der Waals surface area (Å²) in [6.45, 7) is 35.3. The number of Topliss-reactive ketones (excluding diaryl/α,β-unsaturated/α-hetero) is 2. The Kier molecular flexibility index (Phi) is 29.3. The molecule has 0 fully saturated rings. The molecule has 9 aromatic carbocycles. The van der Waals surface area contributed by atoms with Crippen molar-refractivity contribution in [2.45, 2.75) is 259 Å². The molecule has 132 heavy (non-hydrogen) atoms. The lowest BCUT2D eigenvalue weighted by Crippen LogP contribution is -2.30. The van der Waals surface area contributed by atoms with Crippen LogP contribution in [-0.2, 0) is 49.4 Å². The van der Waals surface area contributed by atoms with Gasteiger partial charge in [0.15, 0.2) is 11.6 Å². The molecule has 0 aliphatic heterocycles. The van der Waals surface area contributed by atoms with E-state index in [9.17, 15) is 10.5 Å². The van der Waals surface area contributed by atoms with Gasteiger partial charge in [-0.2, -0.15) is 0 Å². The molecule has 0 saturated carbocycles. The van der Waals surface area contributed by atoms with E-state index in [1.165, 1.54) is 195 Å². The van der Waals surface area contributed by atoms with Crippen LogP contribution in [0.2, 0.25) is 0 Å². The highest BCUT2D eigenvalue weighted by atomic mass is 32.1. The number of hydrogen-bond acceptors (Lipinski definition) is 8. The fourth-order valence-corrected chi connectivity index (χ4v) is 26.9. The van der Waals surface area contributed by atoms with Gasteiger partial charge in [-0.1, -0.05) is 329 Å². The predicted molar refractivity (Wildman–Crippen MR) is 560 cm³/mol. The van der Waals surface area contributed by atoms with Crippen molar-refractivity contribution in [3.05, 3.63) is 362 Å². The number of ketones is 2. The summed E-state index contributed by atoms with van der Waals surface area (Å²) in [6, 6.07) is 83.2. The van der Waals surface area contributed by atoms with Crippen molar-refractivity contribution in [2.75, 3.05) is 0 Å². The van der Waals surface area contributed by atoms with Crippen LogP contribution in [0.5, 0.6) is 0 Å². The topological polar surface area (TPSA) is 90.4 Å². The summed E-state index contributed by atoms with van der Waals surface area (Å²) in [6.07, 6.45) is 37.4. The summed E-state index contributed by atoms with van der Waals surface area (Å²) in [7, 11) is 0. The highest BCUT2D eigenvalue weighted by molar-refractivity contribution is 7.25. The van der Waals surface area contributed by atoms with Gasteiger partial charge in [0.2, 0.25) is 0 Å². The molecule has 13 aromatic rings. The van der Waals surface area contributed by atoms with Crippen LogP contribution in [0.25, 0.3) is 94.9 Å². The third kappa shape index (κ3) is 17.9. The number of aryl methyl sites for hydroxylation is 4. The maximum Gasteiger partial charge on any atom is 0.270 e. The normalized spacial score (nSPS) is 15.5. The van der Waals surface area contributed by atoms with Crippen molar-refractivity contribution in [2.24, 2.45) is 11.8 Å². The fourth-order valence-electron chi connectivity index (χ4n) is 21.8. The number of carbonyl (C=O) groups excluding carboxylic acids is 2. The van der Waals surface area contributed by atoms with Gasteiger partial charge in [-0.3, -0.25) is 9.59 Å². The standard InChI is InChI=1S/C122H122N4O2S4/c1-11-19-25-29-39-81-47-55-91(56-48-81)121(92-57-49-82(50-58-92)40-30-26-20-12-2)105-73-102-106(74-101(105)119-107(121)75-111(131-119)117-89(63-79(17-7)37-23-15-5)65-95(129-117)71-103-113(109(77-123)125-9)97-67-85-43-33-35-45-87(85)69-99(97)115(103)127)122(93-59-51-83(52-60-93)41-31-27-21-13-3,94-61-53-84(54-62-94)42-32-28-22-14-4)108-76-112(132-120(102)108)118-90(64-80(18-8)38-24-16-6)66-96(130-118)72-104-114(110(78-124)126-10)98-68-86-44-34-36-46-88(86)70-100(98)116(104)128/h33-36,43-62,65-76,79-80H,11-32,37-42,63-64H2,1-8H3/b103-71-,104-72-,113-109+,114-110?. The van der Waals surface area contributed by atoms with Gasteiger partial charge in [-0.25, -0.2) is 20.2 Å². The molecule has 17 rings (SSSR count). The highest BCUT2D eigenvalue weighted by Crippen LogP contribution is 2.67. The molecule has 0 bridgehead atoms. The summed E-state index contributed by atoms with van der Waals surface area (Å²) in [5.74, 6) is 0.485. The molecule has 4 aliphatic carbocycles. The summed E-state index contributed by atoms with van der Waals surface area (Å²) in [4.78, 5) is 47.5. The van der Waals surface area contributed by atoms with Crippen LogP contribution in [0, 0.1) is 47.6 Å². The summed E-state index contributed by atoms with van der Waals surface area (Å²) in [5, 5.41) is 25.4. The minimum absolute atomic E-state index is 0.0819. The van der Waals surface area contributed by atoms with E-state index in [1.807, 2.05) is 108 Å². The Balaban J connectivity index is 0.942. The minimum Gasteiger partial charge on any atom is -0.289 e. The zero-order chi connectivity index (χ0) is 91.6. The first-order chi connectivity index (χ1) is 64.7. The van der Waals surface area contributed by atoms with Crippen LogP contribution in [-0.4, -0.2) is 11.6 Å². The number of unbranched alkanes of at least 4 members (excludes halogenated alkanes) is 14. The first-order valence-electron chi connectivity index (χ1n) is 49.5. The second-order valence-electron chi connectivity index (χ2n) is 37.6. The first kappa shape index (κ1) is 92.4. The van der Waals surface area contributed by atoms with Crippen molar-refractivity contribution in [3.8, 4) is 52.5 Å². The van der Waals surface area contributed by atoms with Crippen LogP contribution in [0.15, 0.2) is 229 Å². The molecule has 0 radical (unpaired) electrons. The highest BCUT2D eigenvalue weighted by Gasteiger charge is 2.54. The van der Waals surface area contributed by atoms with E-state index in [2.05, 4.69) is 211 Å². The van der Waals surface area contributed by atoms with Crippen molar-refractivity contribution in [3.63, 3.8) is 0 Å². The molecule has 0 spiro atoms. The van der Waals surface area contributed by atoms with Crippen LogP contribution >= 0.6 is 45.3 Å². The van der Waals surface area contributed by atoms with E-state index < -0.39 is 10.8 Å². The number of nitrogens with zero attached hydrogens (tertiary/aromatic N) is 4. The van der Waals surface area contributed by atoms with Crippen molar-refractivity contribution in [1.82, 2.24) is 0 Å². The van der Waals surface area contributed by atoms with E-state index in [0.29, 0.717) is 56.4 Å². The molecule has 2 unspecified atom stereocenters. The number of thiophene rings is 4. The predicted octanol–water partition coefficient (Wildman–Crippen LogP) is 35.2. The first-order valence-corrected chi connectivity index (χ1v) is 52.7. The SMILES string of the molecule is [C-]#[N+]C(C#N)=C1/C(=C/c2cc(CC(CC)CCCC)c(-c3cc4c(s3)-c3cc5c(cc3C4(c3ccc(CCCCCC)cc3)c3ccc(CCCCCC)cc3)-c3sc(-c4sc(/C=C6\C(=O)c7cc8ccccc8cc7\C6=C(\C#N)[N+]#[C-])cc4CC(CC)CCCC)cc3C5(c3ccc(CCCCCC)cc3)c3ccc(CCCCCC)cc3)s2)C(=O)c2cc3ccccc3cc21. The molecule has 4 heterocycles. The van der Waals surface area contributed by atoms with Gasteiger partial charge in [0.1, 0.15) is 0 Å². The average Bonchev–Trinajstić information content (AvgIpc) is 1.50. The van der Waals surface area contributed by atoms with Crippen molar-refractivity contribution < 1.29 is 9.59 Å². The second kappa shape index (κ2) is 41.8. The largest absolute Gasteiger partial charge is 0.289 e. The van der Waals surface area contributed by atoms with Gasteiger partial charge in [0.25, 0.3) is 11.4 Å². The monoisotopic (exact) mass is 1800 g/mol. The summed E-state index contributed by atoms with van der Waals surface area (Å²) in [5.41, 5.74) is 22.4. The minimum atomic E-state index is -0.832. The van der Waals surface area contributed by atoms with Crippen LogP contribution in [0.1, 0.15) is 329 Å². The third-order valence-corrected chi connectivity index (χ3v) is 34.0. The Hall–Kier alpha value is -11.4. The van der Waals surface area contributed by atoms with Gasteiger partial charge >= 0.3 is 0 Å². The Labute approximate surface area is 800 Å². The molecule has 0 amide bonds. The Bertz CT molecular complexity index is 6240. The molecular formula is C122H122N4O2S4. The zero-order valence-corrected chi connectivity index (χ0v) is 81.7. The van der Waals surface area contributed by atoms with Crippen LogP contribution in [0.3, 0.4) is 0 Å². The van der Waals surface area contributed by atoms with E-state index in [-0.39, 0.29) is 23.0 Å². The molecule has 10 heteroatoms. The maximum absolute atomic E-state index is 15.4. The number of fused-ring (bicyclic) bond motifs is 10. The van der Waals surface area contributed by atoms with Gasteiger partial charge < -0.3 is 0 Å². The smallest absolute Gasteiger partial charge is 0.270 e. The number of benzene rings is 9. The number of hydrogen-bond donors (Lipinski definition) is 0. The van der Waals surface area contributed by atoms with Gasteiger partial charge in [-0.05, 0) is 271 Å². The van der Waals surface area contributed by atoms with Gasteiger partial charge in [0.05, 0.1) is 36.1 Å². The lowest BCUT2D eigenvalue weighted by atomic mass is 9.65. The van der Waals surface area contributed by atoms with Crippen molar-refractivity contribution >= 4 is 102 Å². The van der Waals surface area contributed by atoms with E-state index in [1.54, 1.807) is 22.7 Å². The van der Waals surface area contributed by atoms with E-state index in [0.717, 1.165) is 147 Å². The summed E-state index contributed by atoms with van der Waals surface area (Å²) >= 11 is 7.34. The molecule has 2 atom stereocenters. The summed E-state index contributed by atoms with van der Waals surface area (Å²) < 4.78 is 0. The van der Waals surface area contributed by atoms with Gasteiger partial charge in [-0.15, -0.1) is 45.3 Å². The molecule has 0 N–H and O–H groups in total. The molecule has 6 nitrogen and oxygen atoms in total. The second-order valence-corrected chi connectivity index (χ2v) is 41.9. The van der Waals surface area contributed by atoms with Gasteiger partial charge in [0, 0.05) is 72.4 Å². The lowest BCUT2D eigenvalue weighted by Gasteiger charge is -2.36. The Morgan fingerprint density at radius 3 is 0.947 bits per heavy atom. The van der Waals surface area contributed by atoms with Crippen LogP contribution < -0.4 is 0 Å². The molecular weight excluding hydrogens is 1680 g/mol. The fraction of sp³-hybridized carbons (Fsp3) is 0.344. The Morgan fingerprint density at radius 1 is 0.348 bits per heavy atom. The van der Waals surface area contributed by atoms with Crippen molar-refractivity contribution in [1.29, 1.82) is 10.5 Å². The lowest BCUT2D eigenvalue weighted by molar-refractivity contribution is 0.103. The zero-order valence-electron chi connectivity index (χ0n) is 78.4. The van der Waals surface area contributed by atoms with E-state index in [4.69, 9.17) is 13.1 Å². The maximum atomic E-state index is 15.4. The Morgan fingerprint density at radius 2 is 0.659 bits per heavy atom. The van der Waals surface area contributed by atoms with E-state index >= 15 is 9.59 Å². The number of nitriles is 2. The molecule has 666 valence electrons. The average molecular weight is 1800 g/mol. The third-order valence-electron chi connectivity index (χ3n) is 29.1. The quantitative estimate of drug-likeness (QED) is 0.0166. The van der Waals surface area contributed by atoms with Crippen LogP contribution in [0.4, 0.5) is 0 Å². The number of rotatable bonds is 40.